The first kappa shape index (κ1) is 23.8. The van der Waals surface area contributed by atoms with Gasteiger partial charge in [0.25, 0.3) is 0 Å². The van der Waals surface area contributed by atoms with E-state index in [0.29, 0.717) is 11.9 Å². The second kappa shape index (κ2) is 10.3. The molecule has 7 heteroatoms. The topological polar surface area (TPSA) is 50.5 Å². The Labute approximate surface area is 174 Å². The minimum atomic E-state index is 0. The number of likely N-dealkylation sites (tertiary alicyclic amines) is 1. The molecular formula is C20H31Cl2N3O2. The van der Waals surface area contributed by atoms with Crippen molar-refractivity contribution in [1.29, 1.82) is 0 Å². The van der Waals surface area contributed by atoms with E-state index in [0.717, 1.165) is 53.5 Å². The molecule has 1 fully saturated rings. The van der Waals surface area contributed by atoms with E-state index in [4.69, 9.17) is 14.1 Å². The zero-order valence-corrected chi connectivity index (χ0v) is 18.4. The Morgan fingerprint density at radius 2 is 1.81 bits per heavy atom. The van der Waals surface area contributed by atoms with E-state index >= 15 is 0 Å². The summed E-state index contributed by atoms with van der Waals surface area (Å²) in [4.78, 5) is 7.27. The minimum Gasteiger partial charge on any atom is -0.496 e. The number of ether oxygens (including phenoxy) is 1. The van der Waals surface area contributed by atoms with Crippen LogP contribution in [0.2, 0.25) is 0 Å². The first-order valence-electron chi connectivity index (χ1n) is 9.04. The van der Waals surface area contributed by atoms with E-state index in [9.17, 15) is 0 Å². The minimum absolute atomic E-state index is 0. The van der Waals surface area contributed by atoms with Gasteiger partial charge in [0.05, 0.1) is 12.8 Å². The van der Waals surface area contributed by atoms with Gasteiger partial charge in [-0.3, -0.25) is 4.90 Å². The monoisotopic (exact) mass is 415 g/mol. The summed E-state index contributed by atoms with van der Waals surface area (Å²) in [6.07, 6.45) is 2.38. The molecule has 1 aliphatic rings. The summed E-state index contributed by atoms with van der Waals surface area (Å²) in [5.74, 6) is 2.52. The summed E-state index contributed by atoms with van der Waals surface area (Å²) in [6.45, 7) is 9.24. The molecule has 0 spiro atoms. The number of halogens is 2. The van der Waals surface area contributed by atoms with Gasteiger partial charge < -0.3 is 14.5 Å². The van der Waals surface area contributed by atoms with E-state index in [-0.39, 0.29) is 24.8 Å². The highest BCUT2D eigenvalue weighted by atomic mass is 35.5. The third kappa shape index (κ3) is 5.17. The van der Waals surface area contributed by atoms with Gasteiger partial charge in [-0.1, -0.05) is 0 Å². The van der Waals surface area contributed by atoms with Crippen molar-refractivity contribution in [3.63, 3.8) is 0 Å². The molecule has 1 aromatic carbocycles. The predicted octanol–water partition coefficient (Wildman–Crippen LogP) is 4.30. The maximum absolute atomic E-state index is 6.00. The van der Waals surface area contributed by atoms with Crippen LogP contribution in [0.25, 0.3) is 11.5 Å². The van der Waals surface area contributed by atoms with Crippen molar-refractivity contribution in [3.8, 4) is 17.2 Å². The Kier molecular flexibility index (Phi) is 9.09. The number of rotatable bonds is 5. The smallest absolute Gasteiger partial charge is 0.226 e. The van der Waals surface area contributed by atoms with Crippen molar-refractivity contribution in [2.45, 2.75) is 46.2 Å². The second-order valence-corrected chi connectivity index (χ2v) is 6.93. The molecule has 5 nitrogen and oxygen atoms in total. The van der Waals surface area contributed by atoms with Crippen LogP contribution >= 0.6 is 24.8 Å². The fraction of sp³-hybridized carbons (Fsp3) is 0.550. The highest BCUT2D eigenvalue weighted by Gasteiger charge is 2.21. The lowest BCUT2D eigenvalue weighted by molar-refractivity contribution is 0.192. The Morgan fingerprint density at radius 1 is 1.15 bits per heavy atom. The van der Waals surface area contributed by atoms with Crippen LogP contribution in [0.5, 0.6) is 5.75 Å². The summed E-state index contributed by atoms with van der Waals surface area (Å²) in [6, 6.07) is 4.67. The molecule has 1 saturated heterocycles. The molecule has 1 N–H and O–H groups in total. The molecule has 0 amide bonds. The maximum atomic E-state index is 6.00. The van der Waals surface area contributed by atoms with Crippen molar-refractivity contribution in [2.75, 3.05) is 27.2 Å². The van der Waals surface area contributed by atoms with Crippen molar-refractivity contribution in [1.82, 2.24) is 15.2 Å². The Bertz CT molecular complexity index is 741. The molecule has 0 unspecified atom stereocenters. The van der Waals surface area contributed by atoms with E-state index in [1.165, 1.54) is 12.8 Å². The fourth-order valence-electron chi connectivity index (χ4n) is 3.53. The van der Waals surface area contributed by atoms with Gasteiger partial charge in [-0.05, 0) is 63.9 Å². The average molecular weight is 416 g/mol. The number of oxazole rings is 1. The van der Waals surface area contributed by atoms with Crippen molar-refractivity contribution < 1.29 is 9.15 Å². The van der Waals surface area contributed by atoms with E-state index in [1.807, 2.05) is 26.1 Å². The number of aromatic nitrogens is 1. The first-order chi connectivity index (χ1) is 12.0. The van der Waals surface area contributed by atoms with Gasteiger partial charge in [0.15, 0.2) is 0 Å². The van der Waals surface area contributed by atoms with Crippen molar-refractivity contribution in [3.05, 3.63) is 34.7 Å². The SMILES string of the molecule is CNC1CCN(Cc2nc(-c3ccc(OC)c(C)c3C)oc2C)CC1.Cl.Cl. The zero-order chi connectivity index (χ0) is 18.0. The number of methoxy groups -OCH3 is 1. The molecule has 3 rings (SSSR count). The van der Waals surface area contributed by atoms with Crippen LogP contribution < -0.4 is 10.1 Å². The first-order valence-corrected chi connectivity index (χ1v) is 9.04. The number of aryl methyl sites for hydroxylation is 1. The maximum Gasteiger partial charge on any atom is 0.226 e. The number of hydrogen-bond donors (Lipinski definition) is 1. The quantitative estimate of drug-likeness (QED) is 0.788. The van der Waals surface area contributed by atoms with Crippen LogP contribution in [0.15, 0.2) is 16.5 Å². The number of piperidine rings is 1. The van der Waals surface area contributed by atoms with Gasteiger partial charge in [-0.15, -0.1) is 24.8 Å². The standard InChI is InChI=1S/C20H29N3O2.2ClH/c1-13-14(2)19(24-5)7-6-17(13)20-22-18(15(3)25-20)12-23-10-8-16(21-4)9-11-23;;/h6-7,16,21H,8-12H2,1-5H3;2*1H. The van der Waals surface area contributed by atoms with Gasteiger partial charge in [0, 0.05) is 31.2 Å². The van der Waals surface area contributed by atoms with Gasteiger partial charge >= 0.3 is 0 Å². The third-order valence-corrected chi connectivity index (χ3v) is 5.45. The van der Waals surface area contributed by atoms with Crippen LogP contribution in [0.1, 0.15) is 35.4 Å². The second-order valence-electron chi connectivity index (χ2n) is 6.93. The number of hydrogen-bond acceptors (Lipinski definition) is 5. The summed E-state index contributed by atoms with van der Waals surface area (Å²) in [7, 11) is 3.75. The lowest BCUT2D eigenvalue weighted by Crippen LogP contribution is -2.40. The lowest BCUT2D eigenvalue weighted by atomic mass is 10.0. The molecule has 2 heterocycles. The van der Waals surface area contributed by atoms with Gasteiger partial charge in [0.1, 0.15) is 11.5 Å². The predicted molar refractivity (Wildman–Crippen MR) is 115 cm³/mol. The van der Waals surface area contributed by atoms with Crippen LogP contribution in [0, 0.1) is 20.8 Å². The molecule has 0 saturated carbocycles. The molecule has 152 valence electrons. The molecule has 27 heavy (non-hydrogen) atoms. The van der Waals surface area contributed by atoms with Crippen LogP contribution in [0.3, 0.4) is 0 Å². The molecular weight excluding hydrogens is 385 g/mol. The molecule has 0 bridgehead atoms. The fourth-order valence-corrected chi connectivity index (χ4v) is 3.53. The molecule has 0 radical (unpaired) electrons. The third-order valence-electron chi connectivity index (χ3n) is 5.45. The molecule has 2 aromatic rings. The summed E-state index contributed by atoms with van der Waals surface area (Å²) in [5, 5.41) is 3.38. The Balaban J connectivity index is 0.00000182. The molecule has 1 aliphatic heterocycles. The summed E-state index contributed by atoms with van der Waals surface area (Å²) < 4.78 is 11.4. The highest BCUT2D eigenvalue weighted by Crippen LogP contribution is 2.31. The molecule has 0 aliphatic carbocycles. The van der Waals surface area contributed by atoms with Gasteiger partial charge in [-0.25, -0.2) is 4.98 Å². The van der Waals surface area contributed by atoms with E-state index in [1.54, 1.807) is 7.11 Å². The molecule has 1 aromatic heterocycles. The van der Waals surface area contributed by atoms with Crippen molar-refractivity contribution >= 4 is 24.8 Å². The zero-order valence-electron chi connectivity index (χ0n) is 16.8. The Morgan fingerprint density at radius 3 is 2.41 bits per heavy atom. The number of nitrogens with zero attached hydrogens (tertiary/aromatic N) is 2. The lowest BCUT2D eigenvalue weighted by Gasteiger charge is -2.31. The average Bonchev–Trinajstić information content (AvgIpc) is 2.98. The number of nitrogens with one attached hydrogen (secondary N) is 1. The van der Waals surface area contributed by atoms with Gasteiger partial charge in [0.2, 0.25) is 5.89 Å². The largest absolute Gasteiger partial charge is 0.496 e. The molecule has 0 atom stereocenters. The summed E-state index contributed by atoms with van der Waals surface area (Å²) in [5.41, 5.74) is 4.38. The highest BCUT2D eigenvalue weighted by molar-refractivity contribution is 5.85. The van der Waals surface area contributed by atoms with Gasteiger partial charge in [-0.2, -0.15) is 0 Å². The Hall–Kier alpha value is -1.27. The van der Waals surface area contributed by atoms with E-state index in [2.05, 4.69) is 24.1 Å². The van der Waals surface area contributed by atoms with Crippen molar-refractivity contribution in [2.24, 2.45) is 0 Å². The normalized spacial score (nSPS) is 15.1. The van der Waals surface area contributed by atoms with Crippen LogP contribution in [-0.4, -0.2) is 43.2 Å². The van der Waals surface area contributed by atoms with Crippen LogP contribution in [-0.2, 0) is 6.54 Å². The summed E-state index contributed by atoms with van der Waals surface area (Å²) >= 11 is 0. The van der Waals surface area contributed by atoms with E-state index < -0.39 is 0 Å². The van der Waals surface area contributed by atoms with Crippen LogP contribution in [0.4, 0.5) is 0 Å². The number of benzene rings is 1.